The Balaban J connectivity index is 1.54. The minimum absolute atomic E-state index is 0.171. The van der Waals surface area contributed by atoms with Gasteiger partial charge in [-0.3, -0.25) is 10.1 Å². The quantitative estimate of drug-likeness (QED) is 0.239. The standard InChI is InChI=1S/C29H25F3N6O2/c1-15(2)27(39)38-28-33-13-18-11-17(6-9-22(18)37-28)24-16(3)5-8-20-25(24)34-14-35-26(20)36-19-7-10-23(40-4)21(12-19)29(30,31)32/h5-15H,1-4H3,(H,34,35,36)(H,33,37,38,39). The molecule has 1 amide bonds. The Morgan fingerprint density at radius 1 is 1.00 bits per heavy atom. The second-order valence-electron chi connectivity index (χ2n) is 9.52. The second kappa shape index (κ2) is 10.4. The number of carbonyl (C=O) groups is 1. The number of nitrogens with zero attached hydrogens (tertiary/aromatic N) is 4. The van der Waals surface area contributed by atoms with Gasteiger partial charge in [0.15, 0.2) is 0 Å². The van der Waals surface area contributed by atoms with Crippen LogP contribution < -0.4 is 15.4 Å². The average Bonchev–Trinajstić information content (AvgIpc) is 2.92. The zero-order chi connectivity index (χ0) is 28.6. The molecule has 0 atom stereocenters. The maximum atomic E-state index is 13.6. The molecular formula is C29H25F3N6O2. The van der Waals surface area contributed by atoms with Crippen LogP contribution in [0.2, 0.25) is 0 Å². The first-order valence-corrected chi connectivity index (χ1v) is 12.4. The molecule has 11 heteroatoms. The highest BCUT2D eigenvalue weighted by Gasteiger charge is 2.34. The summed E-state index contributed by atoms with van der Waals surface area (Å²) in [5.74, 6) is -0.0436. The van der Waals surface area contributed by atoms with Crippen LogP contribution in [0.15, 0.2) is 61.1 Å². The van der Waals surface area contributed by atoms with Crippen LogP contribution in [0.1, 0.15) is 25.0 Å². The number of anilines is 3. The number of alkyl halides is 3. The number of amides is 1. The molecule has 40 heavy (non-hydrogen) atoms. The molecule has 204 valence electrons. The molecule has 2 N–H and O–H groups in total. The SMILES string of the molecule is COc1ccc(Nc2ncnc3c(-c4ccc5nc(NC(=O)C(C)C)ncc5c4)c(C)ccc23)cc1C(F)(F)F. The first-order valence-electron chi connectivity index (χ1n) is 12.4. The number of aromatic nitrogens is 4. The van der Waals surface area contributed by atoms with E-state index >= 15 is 0 Å². The van der Waals surface area contributed by atoms with Crippen molar-refractivity contribution in [1.29, 1.82) is 0 Å². The van der Waals surface area contributed by atoms with E-state index in [0.29, 0.717) is 22.2 Å². The van der Waals surface area contributed by atoms with Crippen molar-refractivity contribution in [2.45, 2.75) is 26.9 Å². The minimum atomic E-state index is -4.58. The molecular weight excluding hydrogens is 521 g/mol. The largest absolute Gasteiger partial charge is 0.496 e. The molecule has 2 aromatic heterocycles. The Bertz CT molecular complexity index is 1750. The van der Waals surface area contributed by atoms with Crippen molar-refractivity contribution >= 4 is 45.2 Å². The summed E-state index contributed by atoms with van der Waals surface area (Å²) in [5.41, 5.74) is 3.25. The average molecular weight is 547 g/mol. The van der Waals surface area contributed by atoms with E-state index in [2.05, 4.69) is 30.6 Å². The molecule has 0 aliphatic rings. The van der Waals surface area contributed by atoms with Crippen molar-refractivity contribution < 1.29 is 22.7 Å². The van der Waals surface area contributed by atoms with Crippen molar-refractivity contribution in [3.63, 3.8) is 0 Å². The van der Waals surface area contributed by atoms with E-state index in [1.165, 1.54) is 25.6 Å². The predicted octanol–water partition coefficient (Wildman–Crippen LogP) is 6.91. The van der Waals surface area contributed by atoms with Crippen LogP contribution in [0.5, 0.6) is 5.75 Å². The molecule has 0 saturated carbocycles. The van der Waals surface area contributed by atoms with E-state index in [0.717, 1.165) is 28.1 Å². The van der Waals surface area contributed by atoms with E-state index in [1.54, 1.807) is 20.0 Å². The first-order chi connectivity index (χ1) is 19.0. The van der Waals surface area contributed by atoms with Gasteiger partial charge in [-0.2, -0.15) is 13.2 Å². The molecule has 5 rings (SSSR count). The van der Waals surface area contributed by atoms with Gasteiger partial charge in [0.25, 0.3) is 0 Å². The summed E-state index contributed by atoms with van der Waals surface area (Å²) >= 11 is 0. The molecule has 0 bridgehead atoms. The third kappa shape index (κ3) is 5.22. The van der Waals surface area contributed by atoms with Crippen molar-refractivity contribution in [3.05, 3.63) is 72.2 Å². The Kier molecular flexibility index (Phi) is 6.97. The molecule has 8 nitrogen and oxygen atoms in total. The highest BCUT2D eigenvalue weighted by atomic mass is 19.4. The summed E-state index contributed by atoms with van der Waals surface area (Å²) in [5, 5.41) is 7.11. The lowest BCUT2D eigenvalue weighted by atomic mass is 9.96. The molecule has 5 aromatic rings. The van der Waals surface area contributed by atoms with Gasteiger partial charge in [-0.15, -0.1) is 0 Å². The van der Waals surface area contributed by atoms with Gasteiger partial charge in [0, 0.05) is 34.1 Å². The zero-order valence-electron chi connectivity index (χ0n) is 22.1. The van der Waals surface area contributed by atoms with Crippen molar-refractivity contribution in [2.75, 3.05) is 17.7 Å². The summed E-state index contributed by atoms with van der Waals surface area (Å²) in [6.45, 7) is 5.53. The van der Waals surface area contributed by atoms with Crippen LogP contribution in [0.4, 0.5) is 30.6 Å². The molecule has 0 saturated heterocycles. The number of hydrogen-bond donors (Lipinski definition) is 2. The van der Waals surface area contributed by atoms with Gasteiger partial charge in [0.05, 0.1) is 23.7 Å². The van der Waals surface area contributed by atoms with Crippen LogP contribution in [0.25, 0.3) is 32.9 Å². The molecule has 0 spiro atoms. The van der Waals surface area contributed by atoms with E-state index < -0.39 is 11.7 Å². The van der Waals surface area contributed by atoms with Gasteiger partial charge in [0.1, 0.15) is 17.9 Å². The van der Waals surface area contributed by atoms with Gasteiger partial charge in [-0.05, 0) is 54.4 Å². The topological polar surface area (TPSA) is 102 Å². The molecule has 3 aromatic carbocycles. The number of rotatable bonds is 6. The smallest absolute Gasteiger partial charge is 0.420 e. The van der Waals surface area contributed by atoms with E-state index in [9.17, 15) is 18.0 Å². The lowest BCUT2D eigenvalue weighted by Gasteiger charge is -2.16. The van der Waals surface area contributed by atoms with Gasteiger partial charge < -0.3 is 10.1 Å². The van der Waals surface area contributed by atoms with Crippen molar-refractivity contribution in [2.24, 2.45) is 5.92 Å². The number of benzene rings is 3. The van der Waals surface area contributed by atoms with Crippen LogP contribution >= 0.6 is 0 Å². The lowest BCUT2D eigenvalue weighted by molar-refractivity contribution is -0.138. The Morgan fingerprint density at radius 2 is 1.80 bits per heavy atom. The highest BCUT2D eigenvalue weighted by Crippen LogP contribution is 2.39. The van der Waals surface area contributed by atoms with Crippen LogP contribution in [-0.2, 0) is 11.0 Å². The summed E-state index contributed by atoms with van der Waals surface area (Å²) in [6, 6.07) is 13.2. The number of methoxy groups -OCH3 is 1. The van der Waals surface area contributed by atoms with Crippen molar-refractivity contribution in [1.82, 2.24) is 19.9 Å². The van der Waals surface area contributed by atoms with E-state index in [4.69, 9.17) is 4.74 Å². The third-order valence-electron chi connectivity index (χ3n) is 6.41. The lowest BCUT2D eigenvalue weighted by Crippen LogP contribution is -2.19. The molecule has 0 aliphatic carbocycles. The normalized spacial score (nSPS) is 11.7. The minimum Gasteiger partial charge on any atom is -0.496 e. The Morgan fingerprint density at radius 3 is 2.52 bits per heavy atom. The molecule has 0 unspecified atom stereocenters. The number of nitrogens with one attached hydrogen (secondary N) is 2. The monoisotopic (exact) mass is 546 g/mol. The third-order valence-corrected chi connectivity index (χ3v) is 6.41. The molecule has 0 radical (unpaired) electrons. The zero-order valence-corrected chi connectivity index (χ0v) is 22.1. The summed E-state index contributed by atoms with van der Waals surface area (Å²) in [6.07, 6.45) is -1.57. The summed E-state index contributed by atoms with van der Waals surface area (Å²) in [7, 11) is 1.20. The number of halogens is 3. The molecule has 2 heterocycles. The number of carbonyl (C=O) groups excluding carboxylic acids is 1. The van der Waals surface area contributed by atoms with Crippen molar-refractivity contribution in [3.8, 4) is 16.9 Å². The fourth-order valence-electron chi connectivity index (χ4n) is 4.34. The summed E-state index contributed by atoms with van der Waals surface area (Å²) in [4.78, 5) is 29.6. The van der Waals surface area contributed by atoms with E-state index in [1.807, 2.05) is 37.3 Å². The van der Waals surface area contributed by atoms with Gasteiger partial charge >= 0.3 is 6.18 Å². The maximum absolute atomic E-state index is 13.6. The maximum Gasteiger partial charge on any atom is 0.420 e. The number of hydrogen-bond acceptors (Lipinski definition) is 7. The Hall–Kier alpha value is -4.80. The van der Waals surface area contributed by atoms with Gasteiger partial charge in [0.2, 0.25) is 11.9 Å². The molecule has 0 fully saturated rings. The van der Waals surface area contributed by atoms with Crippen LogP contribution in [0, 0.1) is 12.8 Å². The highest BCUT2D eigenvalue weighted by molar-refractivity contribution is 6.02. The second-order valence-corrected chi connectivity index (χ2v) is 9.52. The Labute approximate surface area is 227 Å². The van der Waals surface area contributed by atoms with E-state index in [-0.39, 0.29) is 29.2 Å². The van der Waals surface area contributed by atoms with Crippen LogP contribution in [-0.4, -0.2) is 33.0 Å². The van der Waals surface area contributed by atoms with Gasteiger partial charge in [-0.25, -0.2) is 19.9 Å². The first kappa shape index (κ1) is 26.8. The fraction of sp³-hybridized carbons (Fsp3) is 0.207. The predicted molar refractivity (Wildman–Crippen MR) is 148 cm³/mol. The molecule has 0 aliphatic heterocycles. The number of fused-ring (bicyclic) bond motifs is 2. The fourth-order valence-corrected chi connectivity index (χ4v) is 4.34. The van der Waals surface area contributed by atoms with Crippen LogP contribution in [0.3, 0.4) is 0 Å². The number of aryl methyl sites for hydroxylation is 1. The summed E-state index contributed by atoms with van der Waals surface area (Å²) < 4.78 is 45.5. The number of ether oxygens (including phenoxy) is 1. The van der Waals surface area contributed by atoms with Gasteiger partial charge in [-0.1, -0.05) is 26.0 Å².